The van der Waals surface area contributed by atoms with Crippen LogP contribution in [0, 0.1) is 12.8 Å². The summed E-state index contributed by atoms with van der Waals surface area (Å²) in [6, 6.07) is 16.8. The third-order valence-corrected chi connectivity index (χ3v) is 8.02. The molecule has 8 heteroatoms. The van der Waals surface area contributed by atoms with Crippen molar-refractivity contribution in [2.75, 3.05) is 32.1 Å². The lowest BCUT2D eigenvalue weighted by molar-refractivity contribution is 0.0883. The number of piperidine rings is 1. The molecule has 0 bridgehead atoms. The van der Waals surface area contributed by atoms with Gasteiger partial charge in [-0.25, -0.2) is 9.48 Å². The van der Waals surface area contributed by atoms with Gasteiger partial charge in [-0.15, -0.1) is 5.10 Å². The van der Waals surface area contributed by atoms with E-state index in [-0.39, 0.29) is 5.41 Å². The number of urea groups is 1. The van der Waals surface area contributed by atoms with Gasteiger partial charge in [0.05, 0.1) is 30.0 Å². The Balaban J connectivity index is 1.37. The number of hydrogen-bond acceptors (Lipinski definition) is 5. The van der Waals surface area contributed by atoms with Crippen LogP contribution in [0.5, 0.6) is 5.88 Å². The molecular formula is C30H39N5O3. The number of aliphatic hydroxyl groups is 1. The molecule has 0 spiro atoms. The Kier molecular flexibility index (Phi) is 7.45. The van der Waals surface area contributed by atoms with Crippen LogP contribution in [0.1, 0.15) is 55.8 Å². The first-order valence-electron chi connectivity index (χ1n) is 13.5. The van der Waals surface area contributed by atoms with Crippen molar-refractivity contribution in [2.24, 2.45) is 5.92 Å². The van der Waals surface area contributed by atoms with Crippen LogP contribution in [0.3, 0.4) is 0 Å². The number of benzene rings is 2. The third kappa shape index (κ3) is 5.42. The lowest BCUT2D eigenvalue weighted by Gasteiger charge is -2.40. The fourth-order valence-corrected chi connectivity index (χ4v) is 5.74. The molecule has 2 amide bonds. The lowest BCUT2D eigenvalue weighted by Crippen LogP contribution is -2.45. The van der Waals surface area contributed by atoms with E-state index < -0.39 is 18.2 Å². The van der Waals surface area contributed by atoms with E-state index in [9.17, 15) is 9.90 Å². The number of fused-ring (bicyclic) bond motifs is 1. The standard InChI is InChI=1S/C30H39N5O3/c1-20-27(32-29(37)31-26-23-12-8-9-13-24(23)30(2,3)18-25(26)36)35(22-10-6-5-7-11-22)33-28(20)38-19-21-14-16-34(4)17-15-21/h5-13,21,25-26,36H,14-19H2,1-4H3,(H2,31,32,37)/t25-,26-/m0/s1. The van der Waals surface area contributed by atoms with Gasteiger partial charge >= 0.3 is 6.03 Å². The van der Waals surface area contributed by atoms with Gasteiger partial charge in [-0.05, 0) is 80.9 Å². The second kappa shape index (κ2) is 10.8. The van der Waals surface area contributed by atoms with E-state index in [0.717, 1.165) is 48.3 Å². The molecule has 2 atom stereocenters. The first-order chi connectivity index (χ1) is 18.2. The van der Waals surface area contributed by atoms with Crippen molar-refractivity contribution in [3.63, 3.8) is 0 Å². The maximum atomic E-state index is 13.4. The number of nitrogens with zero attached hydrogens (tertiary/aromatic N) is 3. The molecule has 1 aliphatic carbocycles. The van der Waals surface area contributed by atoms with Crippen molar-refractivity contribution in [3.8, 4) is 11.6 Å². The van der Waals surface area contributed by atoms with Crippen molar-refractivity contribution >= 4 is 11.8 Å². The number of carbonyl (C=O) groups excluding carboxylic acids is 1. The van der Waals surface area contributed by atoms with Gasteiger partial charge in [0.25, 0.3) is 0 Å². The zero-order chi connectivity index (χ0) is 26.9. The molecule has 3 aromatic rings. The van der Waals surface area contributed by atoms with Crippen molar-refractivity contribution in [1.29, 1.82) is 0 Å². The number of para-hydroxylation sites is 1. The largest absolute Gasteiger partial charge is 0.476 e. The quantitative estimate of drug-likeness (QED) is 0.437. The number of likely N-dealkylation sites (tertiary alicyclic amines) is 1. The van der Waals surface area contributed by atoms with Gasteiger partial charge < -0.3 is 20.1 Å². The molecule has 5 rings (SSSR count). The smallest absolute Gasteiger partial charge is 0.320 e. The summed E-state index contributed by atoms with van der Waals surface area (Å²) in [6.45, 7) is 8.92. The average Bonchev–Trinajstić information content (AvgIpc) is 3.21. The van der Waals surface area contributed by atoms with Crippen molar-refractivity contribution < 1.29 is 14.6 Å². The van der Waals surface area contributed by atoms with Crippen LogP contribution in [-0.4, -0.2) is 58.7 Å². The van der Waals surface area contributed by atoms with Crippen LogP contribution in [0.15, 0.2) is 54.6 Å². The number of hydrogen-bond donors (Lipinski definition) is 3. The molecule has 1 fully saturated rings. The zero-order valence-corrected chi connectivity index (χ0v) is 22.8. The molecule has 2 aliphatic rings. The molecule has 1 saturated heterocycles. The number of anilines is 1. The fraction of sp³-hybridized carbons (Fsp3) is 0.467. The molecule has 8 nitrogen and oxygen atoms in total. The molecule has 2 heterocycles. The minimum Gasteiger partial charge on any atom is -0.476 e. The highest BCUT2D eigenvalue weighted by molar-refractivity contribution is 5.90. The first-order valence-corrected chi connectivity index (χ1v) is 13.5. The van der Waals surface area contributed by atoms with Crippen LogP contribution < -0.4 is 15.4 Å². The average molecular weight is 518 g/mol. The van der Waals surface area contributed by atoms with Crippen LogP contribution >= 0.6 is 0 Å². The number of aliphatic hydroxyl groups excluding tert-OH is 1. The van der Waals surface area contributed by atoms with E-state index in [1.54, 1.807) is 4.68 Å². The molecule has 3 N–H and O–H groups in total. The van der Waals surface area contributed by atoms with Crippen LogP contribution in [0.25, 0.3) is 5.69 Å². The molecule has 0 radical (unpaired) electrons. The molecule has 0 unspecified atom stereocenters. The van der Waals surface area contributed by atoms with E-state index in [2.05, 4.69) is 42.5 Å². The summed E-state index contributed by atoms with van der Waals surface area (Å²) < 4.78 is 7.93. The van der Waals surface area contributed by atoms with Gasteiger partial charge in [0.1, 0.15) is 5.82 Å². The van der Waals surface area contributed by atoms with Crippen molar-refractivity contribution in [1.82, 2.24) is 20.0 Å². The number of nitrogens with one attached hydrogen (secondary N) is 2. The molecule has 1 aliphatic heterocycles. The highest BCUT2D eigenvalue weighted by Crippen LogP contribution is 2.41. The molecule has 2 aromatic carbocycles. The molecule has 202 valence electrons. The van der Waals surface area contributed by atoms with Gasteiger partial charge in [-0.3, -0.25) is 5.32 Å². The third-order valence-electron chi connectivity index (χ3n) is 8.02. The normalized spacial score (nSPS) is 21.5. The van der Waals surface area contributed by atoms with Gasteiger partial charge in [0.2, 0.25) is 5.88 Å². The second-order valence-electron chi connectivity index (χ2n) is 11.4. The maximum Gasteiger partial charge on any atom is 0.320 e. The number of carbonyl (C=O) groups is 1. The van der Waals surface area contributed by atoms with Gasteiger partial charge in [-0.2, -0.15) is 0 Å². The van der Waals surface area contributed by atoms with E-state index in [1.807, 2.05) is 55.5 Å². The number of aromatic nitrogens is 2. The van der Waals surface area contributed by atoms with Crippen LogP contribution in [0.2, 0.25) is 0 Å². The van der Waals surface area contributed by atoms with E-state index >= 15 is 0 Å². The Morgan fingerprint density at radius 3 is 2.53 bits per heavy atom. The predicted octanol–water partition coefficient (Wildman–Crippen LogP) is 4.81. The lowest BCUT2D eigenvalue weighted by atomic mass is 9.70. The number of amides is 2. The Morgan fingerprint density at radius 2 is 1.79 bits per heavy atom. The Labute approximate surface area is 225 Å². The van der Waals surface area contributed by atoms with Crippen molar-refractivity contribution in [3.05, 3.63) is 71.3 Å². The van der Waals surface area contributed by atoms with Crippen LogP contribution in [0.4, 0.5) is 10.6 Å². The summed E-state index contributed by atoms with van der Waals surface area (Å²) in [7, 11) is 2.15. The van der Waals surface area contributed by atoms with Gasteiger partial charge in [0, 0.05) is 0 Å². The summed E-state index contributed by atoms with van der Waals surface area (Å²) in [5, 5.41) is 21.8. The van der Waals surface area contributed by atoms with Gasteiger partial charge in [-0.1, -0.05) is 56.3 Å². The summed E-state index contributed by atoms with van der Waals surface area (Å²) in [4.78, 5) is 15.7. The Bertz CT molecular complexity index is 1260. The monoisotopic (exact) mass is 517 g/mol. The van der Waals surface area contributed by atoms with E-state index in [4.69, 9.17) is 9.84 Å². The highest BCUT2D eigenvalue weighted by atomic mass is 16.5. The SMILES string of the molecule is Cc1c(OCC2CCN(C)CC2)nn(-c2ccccc2)c1NC(=O)N[C@H]1c2ccccc2C(C)(C)C[C@@H]1O. The fourth-order valence-electron chi connectivity index (χ4n) is 5.74. The number of ether oxygens (including phenoxy) is 1. The Hall–Kier alpha value is -3.36. The summed E-state index contributed by atoms with van der Waals surface area (Å²) in [6.07, 6.45) is 2.07. The maximum absolute atomic E-state index is 13.4. The summed E-state index contributed by atoms with van der Waals surface area (Å²) >= 11 is 0. The molecule has 0 saturated carbocycles. The molecular weight excluding hydrogens is 478 g/mol. The minimum atomic E-state index is -0.695. The summed E-state index contributed by atoms with van der Waals surface area (Å²) in [5.74, 6) is 1.56. The minimum absolute atomic E-state index is 0.173. The van der Waals surface area contributed by atoms with Crippen molar-refractivity contribution in [2.45, 2.75) is 57.6 Å². The number of rotatable bonds is 6. The zero-order valence-electron chi connectivity index (χ0n) is 22.8. The van der Waals surface area contributed by atoms with E-state index in [0.29, 0.717) is 30.6 Å². The predicted molar refractivity (Wildman–Crippen MR) is 149 cm³/mol. The second-order valence-corrected chi connectivity index (χ2v) is 11.4. The Morgan fingerprint density at radius 1 is 1.11 bits per heavy atom. The first kappa shape index (κ1) is 26.3. The summed E-state index contributed by atoms with van der Waals surface area (Å²) in [5.41, 5.74) is 3.51. The van der Waals surface area contributed by atoms with Crippen LogP contribution in [-0.2, 0) is 5.41 Å². The molecule has 1 aromatic heterocycles. The van der Waals surface area contributed by atoms with E-state index in [1.165, 1.54) is 0 Å². The highest BCUT2D eigenvalue weighted by Gasteiger charge is 2.39. The molecule has 38 heavy (non-hydrogen) atoms. The topological polar surface area (TPSA) is 91.7 Å². The van der Waals surface area contributed by atoms with Gasteiger partial charge in [0.15, 0.2) is 0 Å².